The fourth-order valence-corrected chi connectivity index (χ4v) is 1.96. The van der Waals surface area contributed by atoms with Crippen LogP contribution in [-0.2, 0) is 4.74 Å². The number of hydrogen-bond donors (Lipinski definition) is 1. The Morgan fingerprint density at radius 2 is 2.47 bits per heavy atom. The van der Waals surface area contributed by atoms with Gasteiger partial charge in [0.25, 0.3) is 0 Å². The highest BCUT2D eigenvalue weighted by Crippen LogP contribution is 2.34. The van der Waals surface area contributed by atoms with Crippen molar-refractivity contribution in [3.63, 3.8) is 0 Å². The van der Waals surface area contributed by atoms with Crippen LogP contribution < -0.4 is 0 Å². The van der Waals surface area contributed by atoms with Crippen molar-refractivity contribution in [3.05, 3.63) is 22.5 Å². The molecule has 9 heteroatoms. The number of rotatable bonds is 3. The van der Waals surface area contributed by atoms with Gasteiger partial charge < -0.3 is 20.0 Å². The Morgan fingerprint density at radius 1 is 1.76 bits per heavy atom. The summed E-state index contributed by atoms with van der Waals surface area (Å²) in [6.45, 7) is 0. The lowest BCUT2D eigenvalue weighted by atomic mass is 10.2. The normalized spacial score (nSPS) is 32.9. The van der Waals surface area contributed by atoms with Gasteiger partial charge in [0, 0.05) is 0 Å². The van der Waals surface area contributed by atoms with Crippen LogP contribution in [0.15, 0.2) is 12.4 Å². The van der Waals surface area contributed by atoms with E-state index in [4.69, 9.17) is 16.3 Å². The molecular formula is C8H9ClFN3O4. The molecule has 2 rings (SSSR count). The van der Waals surface area contributed by atoms with Gasteiger partial charge in [0.15, 0.2) is 6.17 Å². The van der Waals surface area contributed by atoms with E-state index < -0.39 is 35.5 Å². The van der Waals surface area contributed by atoms with Crippen LogP contribution in [0.2, 0.25) is 0 Å². The van der Waals surface area contributed by atoms with E-state index in [0.717, 1.165) is 10.8 Å². The summed E-state index contributed by atoms with van der Waals surface area (Å²) in [6, 6.07) is 0. The van der Waals surface area contributed by atoms with Gasteiger partial charge in [-0.25, -0.2) is 4.39 Å². The molecule has 1 unspecified atom stereocenters. The Bertz CT molecular complexity index is 429. The second-order valence-electron chi connectivity index (χ2n) is 3.55. The van der Waals surface area contributed by atoms with Crippen LogP contribution in [0.5, 0.6) is 0 Å². The maximum absolute atomic E-state index is 13.7. The smallest absolute Gasteiger partial charge is 0.390 e. The highest BCUT2D eigenvalue weighted by molar-refractivity contribution is 6.18. The standard InChI is InChI=1S/C8H9ClFN3O4/c9-3-4-6(14)5(10)7(17-4)12-2-1-11-8(12)13(15)16/h1-2,4-7,14H,3H2/t4-,5-,6-,7?/m1/s1. The second kappa shape index (κ2) is 4.55. The number of nitro groups is 1. The molecule has 0 radical (unpaired) electrons. The van der Waals surface area contributed by atoms with Crippen molar-refractivity contribution in [2.45, 2.75) is 24.6 Å². The Hall–Kier alpha value is -1.25. The highest BCUT2D eigenvalue weighted by atomic mass is 35.5. The monoisotopic (exact) mass is 265 g/mol. The lowest BCUT2D eigenvalue weighted by molar-refractivity contribution is -0.398. The van der Waals surface area contributed by atoms with Crippen molar-refractivity contribution in [1.82, 2.24) is 9.55 Å². The van der Waals surface area contributed by atoms with E-state index in [1.54, 1.807) is 0 Å². The van der Waals surface area contributed by atoms with Crippen molar-refractivity contribution >= 4 is 17.5 Å². The van der Waals surface area contributed by atoms with Crippen LogP contribution in [0.4, 0.5) is 10.3 Å². The van der Waals surface area contributed by atoms with Gasteiger partial charge >= 0.3 is 5.95 Å². The van der Waals surface area contributed by atoms with E-state index in [1.807, 2.05) is 0 Å². The molecule has 1 saturated heterocycles. The lowest BCUT2D eigenvalue weighted by Gasteiger charge is -2.11. The zero-order chi connectivity index (χ0) is 12.6. The van der Waals surface area contributed by atoms with Gasteiger partial charge in [0.1, 0.15) is 24.6 Å². The molecule has 0 aliphatic carbocycles. The molecule has 0 spiro atoms. The van der Waals surface area contributed by atoms with Gasteiger partial charge in [0.05, 0.1) is 5.88 Å². The summed E-state index contributed by atoms with van der Waals surface area (Å²) in [6.07, 6.45) is -2.98. The third kappa shape index (κ3) is 1.99. The molecule has 1 aromatic heterocycles. The first-order valence-electron chi connectivity index (χ1n) is 4.77. The van der Waals surface area contributed by atoms with Gasteiger partial charge in [-0.3, -0.25) is 0 Å². The molecule has 4 atom stereocenters. The summed E-state index contributed by atoms with van der Waals surface area (Å²) in [7, 11) is 0. The Morgan fingerprint density at radius 3 is 3.00 bits per heavy atom. The summed E-state index contributed by atoms with van der Waals surface area (Å²) in [5.41, 5.74) is 0. The first-order chi connectivity index (χ1) is 8.06. The van der Waals surface area contributed by atoms with Gasteiger partial charge in [-0.1, -0.05) is 4.98 Å². The SMILES string of the molecule is O=[N+]([O-])c1nccn1C1O[C@H](CCl)[C@@H](O)[C@H]1F. The van der Waals surface area contributed by atoms with E-state index in [-0.39, 0.29) is 5.88 Å². The zero-order valence-corrected chi connectivity index (χ0v) is 9.20. The van der Waals surface area contributed by atoms with Crippen LogP contribution in [0.1, 0.15) is 6.23 Å². The number of halogens is 2. The van der Waals surface area contributed by atoms with E-state index in [0.29, 0.717) is 0 Å². The molecule has 7 nitrogen and oxygen atoms in total. The summed E-state index contributed by atoms with van der Waals surface area (Å²) in [5, 5.41) is 20.1. The van der Waals surface area contributed by atoms with Crippen LogP contribution in [0.25, 0.3) is 0 Å². The molecule has 0 saturated carbocycles. The first kappa shape index (κ1) is 12.2. The lowest BCUT2D eigenvalue weighted by Crippen LogP contribution is -2.29. The number of aliphatic hydroxyl groups is 1. The number of alkyl halides is 2. The number of aromatic nitrogens is 2. The average molecular weight is 266 g/mol. The van der Waals surface area contributed by atoms with Gasteiger partial charge in [0.2, 0.25) is 6.23 Å². The van der Waals surface area contributed by atoms with Gasteiger partial charge in [-0.05, 0) is 4.92 Å². The second-order valence-corrected chi connectivity index (χ2v) is 3.85. The minimum absolute atomic E-state index is 0.0966. The van der Waals surface area contributed by atoms with Crippen molar-refractivity contribution in [2.24, 2.45) is 0 Å². The first-order valence-corrected chi connectivity index (χ1v) is 5.30. The molecule has 2 heterocycles. The van der Waals surface area contributed by atoms with E-state index >= 15 is 0 Å². The molecule has 17 heavy (non-hydrogen) atoms. The number of ether oxygens (including phenoxy) is 1. The van der Waals surface area contributed by atoms with Crippen molar-refractivity contribution in [2.75, 3.05) is 5.88 Å². The van der Waals surface area contributed by atoms with E-state index in [1.165, 1.54) is 6.20 Å². The number of imidazole rings is 1. The Kier molecular flexibility index (Phi) is 3.27. The molecule has 1 fully saturated rings. The minimum Gasteiger partial charge on any atom is -0.390 e. The quantitative estimate of drug-likeness (QED) is 0.492. The van der Waals surface area contributed by atoms with E-state index in [9.17, 15) is 19.6 Å². The third-order valence-corrected chi connectivity index (χ3v) is 2.84. The van der Waals surface area contributed by atoms with Gasteiger partial charge in [-0.15, -0.1) is 11.6 Å². The number of hydrogen-bond acceptors (Lipinski definition) is 5. The fourth-order valence-electron chi connectivity index (χ4n) is 1.70. The molecule has 1 aromatic rings. The fraction of sp³-hybridized carbons (Fsp3) is 0.625. The molecule has 94 valence electrons. The van der Waals surface area contributed by atoms with Crippen molar-refractivity contribution < 1.29 is 19.2 Å². The number of nitrogens with zero attached hydrogens (tertiary/aromatic N) is 3. The van der Waals surface area contributed by atoms with Crippen LogP contribution in [0.3, 0.4) is 0 Å². The Labute approximate surface area is 99.9 Å². The third-order valence-electron chi connectivity index (χ3n) is 2.53. The maximum Gasteiger partial charge on any atom is 0.436 e. The molecule has 1 aliphatic heterocycles. The predicted molar refractivity (Wildman–Crippen MR) is 54.4 cm³/mol. The van der Waals surface area contributed by atoms with Crippen LogP contribution in [-0.4, -0.2) is 43.8 Å². The average Bonchev–Trinajstić information content (AvgIpc) is 2.86. The predicted octanol–water partition coefficient (Wildman–Crippen LogP) is 0.626. The summed E-state index contributed by atoms with van der Waals surface area (Å²) in [4.78, 5) is 13.4. The largest absolute Gasteiger partial charge is 0.436 e. The highest BCUT2D eigenvalue weighted by Gasteiger charge is 2.47. The summed E-state index contributed by atoms with van der Waals surface area (Å²) < 4.78 is 19.8. The molecular weight excluding hydrogens is 257 g/mol. The maximum atomic E-state index is 13.7. The van der Waals surface area contributed by atoms with Crippen LogP contribution in [0, 0.1) is 10.1 Å². The Balaban J connectivity index is 2.29. The molecule has 0 amide bonds. The van der Waals surface area contributed by atoms with Crippen LogP contribution >= 0.6 is 11.6 Å². The molecule has 1 N–H and O–H groups in total. The zero-order valence-electron chi connectivity index (χ0n) is 8.44. The van der Waals surface area contributed by atoms with E-state index in [2.05, 4.69) is 4.98 Å². The minimum atomic E-state index is -1.79. The van der Waals surface area contributed by atoms with Crippen molar-refractivity contribution in [3.8, 4) is 0 Å². The van der Waals surface area contributed by atoms with Crippen molar-refractivity contribution in [1.29, 1.82) is 0 Å². The molecule has 0 aromatic carbocycles. The summed E-state index contributed by atoms with van der Waals surface area (Å²) in [5.74, 6) is -0.638. The molecule has 1 aliphatic rings. The molecule has 0 bridgehead atoms. The van der Waals surface area contributed by atoms with Gasteiger partial charge in [-0.2, -0.15) is 4.57 Å². The topological polar surface area (TPSA) is 90.4 Å². The summed E-state index contributed by atoms with van der Waals surface area (Å²) >= 11 is 5.49. The number of aliphatic hydroxyl groups excluding tert-OH is 1.